The van der Waals surface area contributed by atoms with E-state index >= 15 is 0 Å². The Balaban J connectivity index is 1.66. The number of hydrogen-bond acceptors (Lipinski definition) is 2. The fraction of sp³-hybridized carbons (Fsp3) is 0.611. The minimum absolute atomic E-state index is 0.0536. The molecule has 2 aliphatic rings. The molecular formula is C18H26N2O. The quantitative estimate of drug-likeness (QED) is 0.906. The third kappa shape index (κ3) is 3.13. The normalized spacial score (nSPS) is 28.8. The van der Waals surface area contributed by atoms with E-state index in [0.29, 0.717) is 6.04 Å². The fourth-order valence-corrected chi connectivity index (χ4v) is 3.81. The fourth-order valence-electron chi connectivity index (χ4n) is 3.81. The minimum Gasteiger partial charge on any atom is -0.341 e. The van der Waals surface area contributed by atoms with Crippen molar-refractivity contribution in [2.24, 2.45) is 5.92 Å². The number of carbonyl (C=O) groups is 1. The highest BCUT2D eigenvalue weighted by Crippen LogP contribution is 2.27. The maximum atomic E-state index is 12.8. The van der Waals surface area contributed by atoms with Crippen LogP contribution in [-0.2, 0) is 17.8 Å². The van der Waals surface area contributed by atoms with Crippen LogP contribution in [0.4, 0.5) is 0 Å². The number of likely N-dealkylation sites (N-methyl/N-ethyl adjacent to an activating group) is 1. The summed E-state index contributed by atoms with van der Waals surface area (Å²) in [5, 5.41) is 3.42. The zero-order chi connectivity index (χ0) is 14.8. The Morgan fingerprint density at radius 3 is 2.76 bits per heavy atom. The molecule has 114 valence electrons. The Labute approximate surface area is 127 Å². The van der Waals surface area contributed by atoms with Crippen molar-refractivity contribution in [1.29, 1.82) is 0 Å². The van der Waals surface area contributed by atoms with Gasteiger partial charge in [-0.05, 0) is 36.3 Å². The van der Waals surface area contributed by atoms with Gasteiger partial charge in [-0.15, -0.1) is 0 Å². The number of fused-ring (bicyclic) bond motifs is 1. The molecule has 3 atom stereocenters. The third-order valence-corrected chi connectivity index (χ3v) is 5.18. The highest BCUT2D eigenvalue weighted by atomic mass is 16.2. The van der Waals surface area contributed by atoms with Gasteiger partial charge >= 0.3 is 0 Å². The molecule has 1 fully saturated rings. The first-order valence-corrected chi connectivity index (χ1v) is 8.22. The summed E-state index contributed by atoms with van der Waals surface area (Å²) in [6.07, 6.45) is 5.71. The van der Waals surface area contributed by atoms with Gasteiger partial charge in [-0.25, -0.2) is 0 Å². The van der Waals surface area contributed by atoms with Gasteiger partial charge in [0, 0.05) is 19.6 Å². The van der Waals surface area contributed by atoms with Crippen molar-refractivity contribution in [3.05, 3.63) is 35.4 Å². The van der Waals surface area contributed by atoms with Crippen LogP contribution in [0.25, 0.3) is 0 Å². The smallest absolute Gasteiger partial charge is 0.240 e. The lowest BCUT2D eigenvalue weighted by Gasteiger charge is -2.37. The van der Waals surface area contributed by atoms with Gasteiger partial charge in [0.15, 0.2) is 0 Å². The van der Waals surface area contributed by atoms with Gasteiger partial charge in [0.05, 0.1) is 6.04 Å². The van der Waals surface area contributed by atoms with Crippen LogP contribution in [0.2, 0.25) is 0 Å². The zero-order valence-corrected chi connectivity index (χ0v) is 13.1. The van der Waals surface area contributed by atoms with Crippen LogP contribution in [0.1, 0.15) is 43.7 Å². The zero-order valence-electron chi connectivity index (χ0n) is 13.1. The number of benzene rings is 1. The lowest BCUT2D eigenvalue weighted by atomic mass is 9.86. The first-order chi connectivity index (χ1) is 10.1. The highest BCUT2D eigenvalue weighted by Gasteiger charge is 2.31. The molecule has 3 heteroatoms. The third-order valence-electron chi connectivity index (χ3n) is 5.18. The van der Waals surface area contributed by atoms with Crippen molar-refractivity contribution in [2.75, 3.05) is 7.05 Å². The van der Waals surface area contributed by atoms with E-state index in [1.54, 1.807) is 0 Å². The van der Waals surface area contributed by atoms with Crippen molar-refractivity contribution in [2.45, 2.75) is 57.7 Å². The summed E-state index contributed by atoms with van der Waals surface area (Å²) >= 11 is 0. The Bertz CT molecular complexity index is 514. The van der Waals surface area contributed by atoms with Crippen LogP contribution < -0.4 is 5.32 Å². The molecule has 0 bridgehead atoms. The second-order valence-corrected chi connectivity index (χ2v) is 6.78. The van der Waals surface area contributed by atoms with Crippen molar-refractivity contribution in [3.8, 4) is 0 Å². The largest absolute Gasteiger partial charge is 0.341 e. The molecule has 3 nitrogen and oxygen atoms in total. The molecule has 21 heavy (non-hydrogen) atoms. The van der Waals surface area contributed by atoms with E-state index in [1.807, 2.05) is 11.9 Å². The number of carbonyl (C=O) groups excluding carboxylic acids is 1. The molecule has 2 unspecified atom stereocenters. The van der Waals surface area contributed by atoms with Gasteiger partial charge in [-0.3, -0.25) is 4.79 Å². The summed E-state index contributed by atoms with van der Waals surface area (Å²) in [5.74, 6) is 1.02. The number of nitrogens with one attached hydrogen (secondary N) is 1. The highest BCUT2D eigenvalue weighted by molar-refractivity contribution is 5.82. The van der Waals surface area contributed by atoms with Gasteiger partial charge in [-0.1, -0.05) is 44.0 Å². The lowest BCUT2D eigenvalue weighted by Crippen LogP contribution is -2.51. The van der Waals surface area contributed by atoms with E-state index in [9.17, 15) is 4.79 Å². The van der Waals surface area contributed by atoms with Crippen molar-refractivity contribution < 1.29 is 4.79 Å². The van der Waals surface area contributed by atoms with Gasteiger partial charge < -0.3 is 10.2 Å². The molecule has 1 heterocycles. The number of hydrogen-bond donors (Lipinski definition) is 1. The molecule has 1 aromatic rings. The SMILES string of the molecule is CC1CCCC(N(C)C(=O)[C@@H]2Cc3ccccc3CN2)C1. The monoisotopic (exact) mass is 286 g/mol. The van der Waals surface area contributed by atoms with Crippen LogP contribution in [0.5, 0.6) is 0 Å². The molecule has 1 aliphatic heterocycles. The molecule has 1 saturated carbocycles. The molecule has 1 aliphatic carbocycles. The summed E-state index contributed by atoms with van der Waals surface area (Å²) in [5.41, 5.74) is 2.65. The molecule has 3 rings (SSSR count). The van der Waals surface area contributed by atoms with E-state index in [4.69, 9.17) is 0 Å². The number of rotatable bonds is 2. The average Bonchev–Trinajstić information content (AvgIpc) is 2.53. The minimum atomic E-state index is -0.0536. The van der Waals surface area contributed by atoms with Gasteiger partial charge in [-0.2, -0.15) is 0 Å². The molecule has 0 saturated heterocycles. The van der Waals surface area contributed by atoms with Crippen LogP contribution in [-0.4, -0.2) is 29.9 Å². The first-order valence-electron chi connectivity index (χ1n) is 8.22. The first kappa shape index (κ1) is 14.6. The number of nitrogens with zero attached hydrogens (tertiary/aromatic N) is 1. The predicted molar refractivity (Wildman–Crippen MR) is 85.0 cm³/mol. The summed E-state index contributed by atoms with van der Waals surface area (Å²) in [6, 6.07) is 8.81. The van der Waals surface area contributed by atoms with Crippen LogP contribution in [0.3, 0.4) is 0 Å². The molecule has 0 spiro atoms. The predicted octanol–water partition coefficient (Wildman–Crippen LogP) is 2.74. The second-order valence-electron chi connectivity index (χ2n) is 6.78. The topological polar surface area (TPSA) is 32.3 Å². The molecule has 1 aromatic carbocycles. The molecule has 1 N–H and O–H groups in total. The van der Waals surface area contributed by atoms with E-state index < -0.39 is 0 Å². The lowest BCUT2D eigenvalue weighted by molar-refractivity contribution is -0.135. The summed E-state index contributed by atoms with van der Waals surface area (Å²) in [4.78, 5) is 14.8. The summed E-state index contributed by atoms with van der Waals surface area (Å²) in [6.45, 7) is 3.11. The van der Waals surface area contributed by atoms with Gasteiger partial charge in [0.1, 0.15) is 0 Å². The molecule has 0 aromatic heterocycles. The molecule has 1 amide bonds. The van der Waals surface area contributed by atoms with E-state index in [-0.39, 0.29) is 11.9 Å². The van der Waals surface area contributed by atoms with Crippen molar-refractivity contribution >= 4 is 5.91 Å². The Hall–Kier alpha value is -1.35. The molecular weight excluding hydrogens is 260 g/mol. The summed E-state index contributed by atoms with van der Waals surface area (Å²) < 4.78 is 0. The maximum Gasteiger partial charge on any atom is 0.240 e. The van der Waals surface area contributed by atoms with Gasteiger partial charge in [0.25, 0.3) is 0 Å². The van der Waals surface area contributed by atoms with Crippen molar-refractivity contribution in [3.63, 3.8) is 0 Å². The average molecular weight is 286 g/mol. The maximum absolute atomic E-state index is 12.8. The number of amides is 1. The van der Waals surface area contributed by atoms with E-state index in [2.05, 4.69) is 36.5 Å². The van der Waals surface area contributed by atoms with E-state index in [1.165, 1.54) is 24.0 Å². The molecule has 0 radical (unpaired) electrons. The van der Waals surface area contributed by atoms with E-state index in [0.717, 1.165) is 31.7 Å². The standard InChI is InChI=1S/C18H26N2O/c1-13-6-5-9-16(10-13)20(2)18(21)17-11-14-7-3-4-8-15(14)12-19-17/h3-4,7-8,13,16-17,19H,5-6,9-12H2,1-2H3/t13?,16?,17-/m0/s1. The second kappa shape index (κ2) is 6.18. The summed E-state index contributed by atoms with van der Waals surface area (Å²) in [7, 11) is 1.99. The van der Waals surface area contributed by atoms with Crippen LogP contribution in [0.15, 0.2) is 24.3 Å². The Kier molecular flexibility index (Phi) is 4.29. The van der Waals surface area contributed by atoms with Crippen molar-refractivity contribution in [1.82, 2.24) is 10.2 Å². The van der Waals surface area contributed by atoms with Crippen LogP contribution in [0, 0.1) is 5.92 Å². The van der Waals surface area contributed by atoms with Crippen LogP contribution >= 0.6 is 0 Å². The van der Waals surface area contributed by atoms with Gasteiger partial charge in [0.2, 0.25) is 5.91 Å². The Morgan fingerprint density at radius 2 is 2.00 bits per heavy atom. The Morgan fingerprint density at radius 1 is 1.24 bits per heavy atom.